The summed E-state index contributed by atoms with van der Waals surface area (Å²) in [7, 11) is 1.86. The Labute approximate surface area is 122 Å². The highest BCUT2D eigenvalue weighted by molar-refractivity contribution is 5.83. The second-order valence-corrected chi connectivity index (χ2v) is 6.30. The third kappa shape index (κ3) is 3.04. The number of rotatable bonds is 5. The van der Waals surface area contributed by atoms with Gasteiger partial charge in [0, 0.05) is 25.6 Å². The number of nitrogens with zero attached hydrogens (tertiary/aromatic N) is 1. The van der Waals surface area contributed by atoms with Crippen molar-refractivity contribution in [3.05, 3.63) is 35.4 Å². The average Bonchev–Trinajstić information content (AvgIpc) is 3.25. The van der Waals surface area contributed by atoms with E-state index in [0.29, 0.717) is 18.4 Å². The maximum Gasteiger partial charge on any atom is 0.226 e. The molecule has 0 bridgehead atoms. The number of carbonyl (C=O) groups is 1. The van der Waals surface area contributed by atoms with Crippen LogP contribution in [-0.2, 0) is 4.79 Å². The molecule has 0 radical (unpaired) electrons. The van der Waals surface area contributed by atoms with Crippen LogP contribution in [0.5, 0.6) is 0 Å². The van der Waals surface area contributed by atoms with E-state index in [9.17, 15) is 4.79 Å². The molecular weight excluding hydrogens is 248 g/mol. The van der Waals surface area contributed by atoms with Crippen molar-refractivity contribution >= 4 is 5.91 Å². The molecule has 3 heteroatoms. The fraction of sp³-hybridized carbons (Fsp3) is 0.588. The normalized spacial score (nSPS) is 22.7. The lowest BCUT2D eigenvalue weighted by Crippen LogP contribution is -2.40. The highest BCUT2D eigenvalue weighted by Gasteiger charge is 2.45. The first-order valence-electron chi connectivity index (χ1n) is 7.52. The number of hydrogen-bond donors (Lipinski definition) is 1. The summed E-state index contributed by atoms with van der Waals surface area (Å²) in [5.74, 6) is 1.34. The van der Waals surface area contributed by atoms with Gasteiger partial charge < -0.3 is 10.6 Å². The molecule has 1 fully saturated rings. The Bertz CT molecular complexity index is 466. The molecule has 0 saturated heterocycles. The molecule has 20 heavy (non-hydrogen) atoms. The zero-order valence-corrected chi connectivity index (χ0v) is 13.0. The summed E-state index contributed by atoms with van der Waals surface area (Å²) < 4.78 is 0. The summed E-state index contributed by atoms with van der Waals surface area (Å²) in [4.78, 5) is 14.1. The summed E-state index contributed by atoms with van der Waals surface area (Å²) in [5, 5.41) is 0. The van der Waals surface area contributed by atoms with E-state index in [2.05, 4.69) is 38.1 Å². The molecule has 3 unspecified atom stereocenters. The standard InChI is InChI=1S/C17H26N2O/c1-11(2)13-5-7-14(8-6-13)15-9-16(15)17(20)19(4)12(3)10-18/h5-8,11-12,15-16H,9-10,18H2,1-4H3. The van der Waals surface area contributed by atoms with Crippen LogP contribution in [0.25, 0.3) is 0 Å². The Morgan fingerprint density at radius 2 is 1.90 bits per heavy atom. The number of benzene rings is 1. The van der Waals surface area contributed by atoms with Crippen molar-refractivity contribution in [2.24, 2.45) is 11.7 Å². The first kappa shape index (κ1) is 15.0. The Morgan fingerprint density at radius 1 is 1.30 bits per heavy atom. The van der Waals surface area contributed by atoms with Crippen LogP contribution in [0.4, 0.5) is 0 Å². The minimum atomic E-state index is 0.118. The monoisotopic (exact) mass is 274 g/mol. The number of hydrogen-bond acceptors (Lipinski definition) is 2. The molecule has 1 saturated carbocycles. The molecule has 1 aliphatic rings. The smallest absolute Gasteiger partial charge is 0.226 e. The van der Waals surface area contributed by atoms with E-state index in [1.54, 1.807) is 4.90 Å². The number of likely N-dealkylation sites (N-methyl/N-ethyl adjacent to an activating group) is 1. The SMILES string of the molecule is CC(C)c1ccc(C2CC2C(=O)N(C)C(C)CN)cc1. The summed E-state index contributed by atoms with van der Waals surface area (Å²) in [6.07, 6.45) is 0.974. The van der Waals surface area contributed by atoms with Crippen molar-refractivity contribution < 1.29 is 4.79 Å². The molecule has 0 heterocycles. The summed E-state index contributed by atoms with van der Waals surface area (Å²) in [5.41, 5.74) is 8.27. The van der Waals surface area contributed by atoms with E-state index in [1.807, 2.05) is 14.0 Å². The maximum atomic E-state index is 12.3. The Kier molecular flexibility index (Phi) is 4.48. The Hall–Kier alpha value is -1.35. The van der Waals surface area contributed by atoms with Gasteiger partial charge in [-0.2, -0.15) is 0 Å². The molecule has 2 N–H and O–H groups in total. The predicted molar refractivity (Wildman–Crippen MR) is 82.7 cm³/mol. The molecule has 1 aliphatic carbocycles. The minimum Gasteiger partial charge on any atom is -0.342 e. The lowest BCUT2D eigenvalue weighted by Gasteiger charge is -2.23. The van der Waals surface area contributed by atoms with Crippen molar-refractivity contribution in [1.29, 1.82) is 0 Å². The zero-order chi connectivity index (χ0) is 14.9. The lowest BCUT2D eigenvalue weighted by molar-refractivity contribution is -0.133. The van der Waals surface area contributed by atoms with Crippen LogP contribution in [0, 0.1) is 5.92 Å². The molecule has 110 valence electrons. The quantitative estimate of drug-likeness (QED) is 0.897. The lowest BCUT2D eigenvalue weighted by atomic mass is 10.00. The third-order valence-electron chi connectivity index (χ3n) is 4.49. The topological polar surface area (TPSA) is 46.3 Å². The number of carbonyl (C=O) groups excluding carboxylic acids is 1. The van der Waals surface area contributed by atoms with Gasteiger partial charge in [0.2, 0.25) is 5.91 Å². The molecule has 0 aliphatic heterocycles. The molecule has 1 amide bonds. The highest BCUT2D eigenvalue weighted by atomic mass is 16.2. The fourth-order valence-corrected chi connectivity index (χ4v) is 2.60. The summed E-state index contributed by atoms with van der Waals surface area (Å²) in [6.45, 7) is 6.90. The van der Waals surface area contributed by atoms with E-state index in [4.69, 9.17) is 5.73 Å². The van der Waals surface area contributed by atoms with Crippen LogP contribution in [0.1, 0.15) is 50.2 Å². The van der Waals surface area contributed by atoms with E-state index in [-0.39, 0.29) is 17.9 Å². The van der Waals surface area contributed by atoms with Crippen LogP contribution in [0.3, 0.4) is 0 Å². The van der Waals surface area contributed by atoms with Gasteiger partial charge >= 0.3 is 0 Å². The zero-order valence-electron chi connectivity index (χ0n) is 13.0. The largest absolute Gasteiger partial charge is 0.342 e. The molecule has 0 spiro atoms. The molecule has 3 atom stereocenters. The molecule has 1 aromatic rings. The van der Waals surface area contributed by atoms with Gasteiger partial charge in [-0.1, -0.05) is 38.1 Å². The van der Waals surface area contributed by atoms with E-state index >= 15 is 0 Å². The third-order valence-corrected chi connectivity index (χ3v) is 4.49. The average molecular weight is 274 g/mol. The summed E-state index contributed by atoms with van der Waals surface area (Å²) in [6, 6.07) is 8.85. The van der Waals surface area contributed by atoms with Gasteiger partial charge in [0.05, 0.1) is 0 Å². The van der Waals surface area contributed by atoms with Gasteiger partial charge in [-0.15, -0.1) is 0 Å². The van der Waals surface area contributed by atoms with Crippen LogP contribution >= 0.6 is 0 Å². The predicted octanol–water partition coefficient (Wildman–Crippen LogP) is 2.72. The maximum absolute atomic E-state index is 12.3. The Morgan fingerprint density at radius 3 is 2.40 bits per heavy atom. The van der Waals surface area contributed by atoms with Crippen LogP contribution in [-0.4, -0.2) is 30.4 Å². The van der Waals surface area contributed by atoms with Crippen molar-refractivity contribution in [3.8, 4) is 0 Å². The van der Waals surface area contributed by atoms with Crippen molar-refractivity contribution in [1.82, 2.24) is 4.90 Å². The fourth-order valence-electron chi connectivity index (χ4n) is 2.60. The van der Waals surface area contributed by atoms with Gasteiger partial charge in [0.25, 0.3) is 0 Å². The number of nitrogens with two attached hydrogens (primary N) is 1. The van der Waals surface area contributed by atoms with Crippen molar-refractivity contribution in [2.75, 3.05) is 13.6 Å². The molecule has 2 rings (SSSR count). The van der Waals surface area contributed by atoms with Gasteiger partial charge in [-0.05, 0) is 36.3 Å². The van der Waals surface area contributed by atoms with E-state index in [1.165, 1.54) is 11.1 Å². The van der Waals surface area contributed by atoms with Gasteiger partial charge in [-0.3, -0.25) is 4.79 Å². The van der Waals surface area contributed by atoms with E-state index < -0.39 is 0 Å². The van der Waals surface area contributed by atoms with Crippen LogP contribution in [0.15, 0.2) is 24.3 Å². The second-order valence-electron chi connectivity index (χ2n) is 6.30. The first-order valence-corrected chi connectivity index (χ1v) is 7.52. The van der Waals surface area contributed by atoms with Crippen LogP contribution < -0.4 is 5.73 Å². The van der Waals surface area contributed by atoms with E-state index in [0.717, 1.165) is 6.42 Å². The van der Waals surface area contributed by atoms with Gasteiger partial charge in [-0.25, -0.2) is 0 Å². The van der Waals surface area contributed by atoms with Gasteiger partial charge in [0.1, 0.15) is 0 Å². The highest BCUT2D eigenvalue weighted by Crippen LogP contribution is 2.48. The van der Waals surface area contributed by atoms with Crippen molar-refractivity contribution in [3.63, 3.8) is 0 Å². The second kappa shape index (κ2) is 5.96. The summed E-state index contributed by atoms with van der Waals surface area (Å²) >= 11 is 0. The molecule has 0 aromatic heterocycles. The molecule has 1 aromatic carbocycles. The van der Waals surface area contributed by atoms with Gasteiger partial charge in [0.15, 0.2) is 0 Å². The molecular formula is C17H26N2O. The molecule has 3 nitrogen and oxygen atoms in total. The number of amides is 1. The first-order chi connectivity index (χ1) is 9.45. The van der Waals surface area contributed by atoms with Crippen molar-refractivity contribution in [2.45, 2.75) is 45.1 Å². The van der Waals surface area contributed by atoms with Crippen LogP contribution in [0.2, 0.25) is 0 Å². The Balaban J connectivity index is 1.99. The minimum absolute atomic E-state index is 0.118.